The molecule has 5 rings (SSSR count). The Labute approximate surface area is 172 Å². The maximum atomic E-state index is 11.3. The summed E-state index contributed by atoms with van der Waals surface area (Å²) in [4.78, 5) is 11.3. The standard InChI is InChI=1S/C24H20O6/c1-15-21(13-25)20-8-6-18(12-23(20)29-15)30-22-4-2-3-16-11-17(5-7-19(16)22)28-14-24-26-9-10-27-24/h2-8,11-13,24H,9-10,14H2,1H3. The molecule has 4 aromatic rings. The van der Waals surface area contributed by atoms with E-state index in [9.17, 15) is 4.79 Å². The first kappa shape index (κ1) is 18.7. The third-order valence-electron chi connectivity index (χ3n) is 5.12. The van der Waals surface area contributed by atoms with Crippen molar-refractivity contribution < 1.29 is 28.2 Å². The van der Waals surface area contributed by atoms with E-state index in [-0.39, 0.29) is 6.29 Å². The molecule has 1 fully saturated rings. The summed E-state index contributed by atoms with van der Waals surface area (Å²) in [5.41, 5.74) is 1.20. The summed E-state index contributed by atoms with van der Waals surface area (Å²) >= 11 is 0. The molecule has 0 radical (unpaired) electrons. The van der Waals surface area contributed by atoms with E-state index in [0.29, 0.717) is 42.5 Å². The number of furan rings is 1. The van der Waals surface area contributed by atoms with Crippen LogP contribution < -0.4 is 9.47 Å². The molecule has 0 amide bonds. The fourth-order valence-electron chi connectivity index (χ4n) is 3.63. The Kier molecular flexibility index (Phi) is 4.86. The lowest BCUT2D eigenvalue weighted by atomic mass is 10.1. The van der Waals surface area contributed by atoms with Crippen LogP contribution in [0, 0.1) is 6.92 Å². The van der Waals surface area contributed by atoms with Crippen LogP contribution in [0.25, 0.3) is 21.7 Å². The lowest BCUT2D eigenvalue weighted by molar-refractivity contribution is -0.0683. The Morgan fingerprint density at radius 1 is 1.00 bits per heavy atom. The second-order valence-corrected chi connectivity index (χ2v) is 7.07. The molecule has 0 spiro atoms. The van der Waals surface area contributed by atoms with Crippen molar-refractivity contribution in [3.63, 3.8) is 0 Å². The summed E-state index contributed by atoms with van der Waals surface area (Å²) in [6, 6.07) is 17.2. The molecule has 0 bridgehead atoms. The average Bonchev–Trinajstić information content (AvgIpc) is 3.38. The van der Waals surface area contributed by atoms with Gasteiger partial charge in [-0.3, -0.25) is 4.79 Å². The Bertz CT molecular complexity index is 1220. The van der Waals surface area contributed by atoms with Gasteiger partial charge in [-0.2, -0.15) is 0 Å². The highest BCUT2D eigenvalue weighted by molar-refractivity contribution is 5.98. The van der Waals surface area contributed by atoms with Crippen LogP contribution in [0.3, 0.4) is 0 Å². The minimum atomic E-state index is -0.310. The normalized spacial score (nSPS) is 14.4. The molecule has 3 aromatic carbocycles. The molecular weight excluding hydrogens is 384 g/mol. The van der Waals surface area contributed by atoms with E-state index in [0.717, 1.165) is 33.9 Å². The predicted octanol–water partition coefficient (Wildman–Crippen LogP) is 5.25. The van der Waals surface area contributed by atoms with Gasteiger partial charge in [0.2, 0.25) is 0 Å². The average molecular weight is 404 g/mol. The Morgan fingerprint density at radius 3 is 2.63 bits per heavy atom. The van der Waals surface area contributed by atoms with Gasteiger partial charge >= 0.3 is 0 Å². The second kappa shape index (κ2) is 7.82. The van der Waals surface area contributed by atoms with Crippen LogP contribution in [0.15, 0.2) is 59.0 Å². The van der Waals surface area contributed by atoms with Crippen molar-refractivity contribution in [2.75, 3.05) is 19.8 Å². The molecule has 0 saturated carbocycles. The van der Waals surface area contributed by atoms with Crippen LogP contribution >= 0.6 is 0 Å². The van der Waals surface area contributed by atoms with Crippen molar-refractivity contribution in [2.45, 2.75) is 13.2 Å². The molecule has 1 aliphatic rings. The number of hydrogen-bond donors (Lipinski definition) is 0. The lowest BCUT2D eigenvalue weighted by Crippen LogP contribution is -2.18. The topological polar surface area (TPSA) is 67.1 Å². The maximum absolute atomic E-state index is 11.3. The van der Waals surface area contributed by atoms with Crippen molar-refractivity contribution in [1.29, 1.82) is 0 Å². The van der Waals surface area contributed by atoms with Gasteiger partial charge in [-0.15, -0.1) is 0 Å². The van der Waals surface area contributed by atoms with Crippen molar-refractivity contribution >= 4 is 28.0 Å². The molecule has 0 atom stereocenters. The fraction of sp³-hybridized carbons (Fsp3) is 0.208. The molecular formula is C24H20O6. The van der Waals surface area contributed by atoms with Crippen molar-refractivity contribution in [2.24, 2.45) is 0 Å². The summed E-state index contributed by atoms with van der Waals surface area (Å²) in [7, 11) is 0. The zero-order valence-electron chi connectivity index (χ0n) is 16.4. The van der Waals surface area contributed by atoms with Crippen molar-refractivity contribution in [3.8, 4) is 17.2 Å². The molecule has 1 saturated heterocycles. The van der Waals surface area contributed by atoms with E-state index in [1.165, 1.54) is 0 Å². The molecule has 152 valence electrons. The number of rotatable bonds is 6. The Hall–Kier alpha value is -3.35. The smallest absolute Gasteiger partial charge is 0.191 e. The number of fused-ring (bicyclic) bond motifs is 2. The predicted molar refractivity (Wildman–Crippen MR) is 112 cm³/mol. The zero-order chi connectivity index (χ0) is 20.5. The van der Waals surface area contributed by atoms with E-state index >= 15 is 0 Å². The zero-order valence-corrected chi connectivity index (χ0v) is 16.4. The monoisotopic (exact) mass is 404 g/mol. The minimum Gasteiger partial charge on any atom is -0.488 e. The number of carbonyl (C=O) groups is 1. The number of aldehydes is 1. The van der Waals surface area contributed by atoms with E-state index in [4.69, 9.17) is 23.4 Å². The molecule has 6 heteroatoms. The van der Waals surface area contributed by atoms with Crippen LogP contribution in [0.1, 0.15) is 16.1 Å². The van der Waals surface area contributed by atoms with Gasteiger partial charge < -0.3 is 23.4 Å². The highest BCUT2D eigenvalue weighted by atomic mass is 16.7. The molecule has 0 aliphatic carbocycles. The van der Waals surface area contributed by atoms with Gasteiger partial charge in [-0.05, 0) is 48.7 Å². The van der Waals surface area contributed by atoms with Crippen molar-refractivity contribution in [3.05, 3.63) is 65.9 Å². The van der Waals surface area contributed by atoms with Gasteiger partial charge in [0.15, 0.2) is 12.6 Å². The van der Waals surface area contributed by atoms with E-state index in [1.807, 2.05) is 48.5 Å². The highest BCUT2D eigenvalue weighted by Crippen LogP contribution is 2.34. The highest BCUT2D eigenvalue weighted by Gasteiger charge is 2.17. The van der Waals surface area contributed by atoms with Crippen LogP contribution in [-0.4, -0.2) is 32.4 Å². The summed E-state index contributed by atoms with van der Waals surface area (Å²) in [5, 5.41) is 2.74. The number of benzene rings is 3. The maximum Gasteiger partial charge on any atom is 0.191 e. The Balaban J connectivity index is 1.40. The number of aryl methyl sites for hydroxylation is 1. The van der Waals surface area contributed by atoms with Gasteiger partial charge in [0.25, 0.3) is 0 Å². The Morgan fingerprint density at radius 2 is 1.80 bits per heavy atom. The van der Waals surface area contributed by atoms with Crippen LogP contribution in [0.4, 0.5) is 0 Å². The van der Waals surface area contributed by atoms with E-state index < -0.39 is 0 Å². The van der Waals surface area contributed by atoms with E-state index in [1.54, 1.807) is 13.0 Å². The first-order valence-corrected chi connectivity index (χ1v) is 9.76. The molecule has 6 nitrogen and oxygen atoms in total. The fourth-order valence-corrected chi connectivity index (χ4v) is 3.63. The molecule has 1 aromatic heterocycles. The second-order valence-electron chi connectivity index (χ2n) is 7.07. The van der Waals surface area contributed by atoms with Crippen LogP contribution in [-0.2, 0) is 9.47 Å². The van der Waals surface area contributed by atoms with Crippen LogP contribution in [0.5, 0.6) is 17.2 Å². The van der Waals surface area contributed by atoms with Gasteiger partial charge in [0, 0.05) is 16.8 Å². The number of carbonyl (C=O) groups excluding carboxylic acids is 1. The third kappa shape index (κ3) is 3.51. The summed E-state index contributed by atoms with van der Waals surface area (Å²) in [6.07, 6.45) is 0.507. The molecule has 1 aliphatic heterocycles. The van der Waals surface area contributed by atoms with Crippen molar-refractivity contribution in [1.82, 2.24) is 0 Å². The quantitative estimate of drug-likeness (QED) is 0.409. The van der Waals surface area contributed by atoms with E-state index in [2.05, 4.69) is 0 Å². The molecule has 0 unspecified atom stereocenters. The SMILES string of the molecule is Cc1oc2cc(Oc3cccc4cc(OCC5OCCO5)ccc34)ccc2c1C=O. The summed E-state index contributed by atoms with van der Waals surface area (Å²) in [6.45, 7) is 3.34. The first-order valence-electron chi connectivity index (χ1n) is 9.76. The third-order valence-corrected chi connectivity index (χ3v) is 5.12. The van der Waals surface area contributed by atoms with Crippen LogP contribution in [0.2, 0.25) is 0 Å². The van der Waals surface area contributed by atoms with Gasteiger partial charge in [0.1, 0.15) is 35.2 Å². The number of ether oxygens (including phenoxy) is 4. The largest absolute Gasteiger partial charge is 0.488 e. The molecule has 2 heterocycles. The molecule has 30 heavy (non-hydrogen) atoms. The number of hydrogen-bond acceptors (Lipinski definition) is 6. The van der Waals surface area contributed by atoms with Gasteiger partial charge in [-0.25, -0.2) is 0 Å². The summed E-state index contributed by atoms with van der Waals surface area (Å²) in [5.74, 6) is 2.70. The first-order chi connectivity index (χ1) is 14.7. The lowest BCUT2D eigenvalue weighted by Gasteiger charge is -2.13. The minimum absolute atomic E-state index is 0.310. The molecule has 0 N–H and O–H groups in total. The van der Waals surface area contributed by atoms with Gasteiger partial charge in [-0.1, -0.05) is 12.1 Å². The summed E-state index contributed by atoms with van der Waals surface area (Å²) < 4.78 is 28.4. The van der Waals surface area contributed by atoms with Gasteiger partial charge in [0.05, 0.1) is 18.8 Å².